The van der Waals surface area contributed by atoms with Gasteiger partial charge in [0.2, 0.25) is 0 Å². The highest BCUT2D eigenvalue weighted by Crippen LogP contribution is 1.95. The SMILES string of the molecule is C=CCCCN(C)C(=NCCN(C)CCOC)NCC. The molecule has 0 heterocycles. The van der Waals surface area contributed by atoms with Crippen molar-refractivity contribution in [3.05, 3.63) is 12.7 Å². The maximum atomic E-state index is 5.07. The van der Waals surface area contributed by atoms with E-state index in [4.69, 9.17) is 4.74 Å². The fourth-order valence-electron chi connectivity index (χ4n) is 1.73. The zero-order valence-corrected chi connectivity index (χ0v) is 13.7. The zero-order valence-electron chi connectivity index (χ0n) is 13.7. The van der Waals surface area contributed by atoms with Crippen molar-refractivity contribution in [2.24, 2.45) is 4.99 Å². The number of nitrogens with one attached hydrogen (secondary N) is 1. The molecule has 0 aliphatic rings. The molecule has 0 fully saturated rings. The molecular weight excluding hydrogens is 252 g/mol. The molecule has 0 saturated carbocycles. The van der Waals surface area contributed by atoms with E-state index in [1.165, 1.54) is 0 Å². The second-order valence-corrected chi connectivity index (χ2v) is 4.88. The third kappa shape index (κ3) is 9.81. The van der Waals surface area contributed by atoms with E-state index in [9.17, 15) is 0 Å². The van der Waals surface area contributed by atoms with Crippen molar-refractivity contribution in [1.29, 1.82) is 0 Å². The van der Waals surface area contributed by atoms with Gasteiger partial charge in [-0.05, 0) is 26.8 Å². The molecule has 0 aliphatic heterocycles. The van der Waals surface area contributed by atoms with Crippen molar-refractivity contribution in [1.82, 2.24) is 15.1 Å². The lowest BCUT2D eigenvalue weighted by Crippen LogP contribution is -2.40. The largest absolute Gasteiger partial charge is 0.383 e. The monoisotopic (exact) mass is 284 g/mol. The van der Waals surface area contributed by atoms with Crippen LogP contribution in [-0.2, 0) is 4.74 Å². The Labute approximate surface area is 124 Å². The Morgan fingerprint density at radius 2 is 2.05 bits per heavy atom. The van der Waals surface area contributed by atoms with Gasteiger partial charge >= 0.3 is 0 Å². The van der Waals surface area contributed by atoms with Crippen LogP contribution in [0.15, 0.2) is 17.6 Å². The topological polar surface area (TPSA) is 40.1 Å². The normalized spacial score (nSPS) is 11.8. The molecule has 0 aromatic carbocycles. The Bertz CT molecular complexity index is 269. The van der Waals surface area contributed by atoms with Gasteiger partial charge in [0.25, 0.3) is 0 Å². The van der Waals surface area contributed by atoms with E-state index in [2.05, 4.69) is 47.7 Å². The number of hydrogen-bond donors (Lipinski definition) is 1. The van der Waals surface area contributed by atoms with Crippen molar-refractivity contribution in [3.63, 3.8) is 0 Å². The third-order valence-electron chi connectivity index (χ3n) is 3.02. The molecule has 0 rings (SSSR count). The quantitative estimate of drug-likeness (QED) is 0.270. The molecule has 0 saturated heterocycles. The minimum absolute atomic E-state index is 0.766. The van der Waals surface area contributed by atoms with Gasteiger partial charge in [0.05, 0.1) is 13.2 Å². The van der Waals surface area contributed by atoms with Crippen LogP contribution in [0.1, 0.15) is 19.8 Å². The van der Waals surface area contributed by atoms with Crippen LogP contribution in [0.4, 0.5) is 0 Å². The van der Waals surface area contributed by atoms with Gasteiger partial charge in [-0.15, -0.1) is 6.58 Å². The Balaban J connectivity index is 4.13. The Hall–Kier alpha value is -1.07. The first kappa shape index (κ1) is 18.9. The molecule has 0 aromatic heterocycles. The van der Waals surface area contributed by atoms with Crippen molar-refractivity contribution in [3.8, 4) is 0 Å². The zero-order chi connectivity index (χ0) is 15.2. The van der Waals surface area contributed by atoms with E-state index in [1.807, 2.05) is 6.08 Å². The molecule has 1 N–H and O–H groups in total. The maximum absolute atomic E-state index is 5.07. The summed E-state index contributed by atoms with van der Waals surface area (Å²) in [6.45, 7) is 11.2. The molecule has 5 nitrogen and oxygen atoms in total. The molecule has 0 radical (unpaired) electrons. The van der Waals surface area contributed by atoms with Crippen LogP contribution in [0, 0.1) is 0 Å². The summed E-state index contributed by atoms with van der Waals surface area (Å²) in [5.41, 5.74) is 0. The summed E-state index contributed by atoms with van der Waals surface area (Å²) in [7, 11) is 5.90. The van der Waals surface area contributed by atoms with Crippen molar-refractivity contribution in [2.45, 2.75) is 19.8 Å². The maximum Gasteiger partial charge on any atom is 0.193 e. The van der Waals surface area contributed by atoms with Gasteiger partial charge in [0.15, 0.2) is 5.96 Å². The minimum atomic E-state index is 0.766. The van der Waals surface area contributed by atoms with Crippen molar-refractivity contribution in [2.75, 3.05) is 60.5 Å². The predicted octanol–water partition coefficient (Wildman–Crippen LogP) is 1.43. The van der Waals surface area contributed by atoms with Gasteiger partial charge in [-0.2, -0.15) is 0 Å². The molecule has 20 heavy (non-hydrogen) atoms. The standard InChI is InChI=1S/C15H32N4O/c1-6-8-9-11-19(4)15(16-7-2)17-10-12-18(3)13-14-20-5/h6H,1,7-14H2,2-5H3,(H,16,17). The lowest BCUT2D eigenvalue weighted by Gasteiger charge is -2.22. The van der Waals surface area contributed by atoms with Gasteiger partial charge in [-0.3, -0.25) is 4.99 Å². The first-order chi connectivity index (χ1) is 9.65. The number of ether oxygens (including phenoxy) is 1. The molecule has 0 aliphatic carbocycles. The fraction of sp³-hybridized carbons (Fsp3) is 0.800. The van der Waals surface area contributed by atoms with Crippen LogP contribution in [0.25, 0.3) is 0 Å². The number of methoxy groups -OCH3 is 1. The number of guanidine groups is 1. The van der Waals surface area contributed by atoms with E-state index in [1.54, 1.807) is 7.11 Å². The van der Waals surface area contributed by atoms with Crippen LogP contribution in [0.2, 0.25) is 0 Å². The number of likely N-dealkylation sites (N-methyl/N-ethyl adjacent to an activating group) is 1. The third-order valence-corrected chi connectivity index (χ3v) is 3.02. The number of nitrogens with zero attached hydrogens (tertiary/aromatic N) is 3. The van der Waals surface area contributed by atoms with Gasteiger partial charge in [0.1, 0.15) is 0 Å². The first-order valence-electron chi connectivity index (χ1n) is 7.43. The second kappa shape index (κ2) is 12.9. The van der Waals surface area contributed by atoms with Gasteiger partial charge < -0.3 is 19.9 Å². The molecule has 0 bridgehead atoms. The number of rotatable bonds is 11. The number of unbranched alkanes of at least 4 members (excludes halogenated alkanes) is 1. The number of hydrogen-bond acceptors (Lipinski definition) is 3. The summed E-state index contributed by atoms with van der Waals surface area (Å²) >= 11 is 0. The summed E-state index contributed by atoms with van der Waals surface area (Å²) in [4.78, 5) is 9.08. The van der Waals surface area contributed by atoms with Gasteiger partial charge in [-0.25, -0.2) is 0 Å². The van der Waals surface area contributed by atoms with E-state index in [0.717, 1.165) is 58.1 Å². The highest BCUT2D eigenvalue weighted by Gasteiger charge is 2.04. The summed E-state index contributed by atoms with van der Waals surface area (Å²) in [6.07, 6.45) is 4.12. The Morgan fingerprint density at radius 3 is 2.65 bits per heavy atom. The van der Waals surface area contributed by atoms with Crippen LogP contribution >= 0.6 is 0 Å². The first-order valence-corrected chi connectivity index (χ1v) is 7.43. The molecule has 0 aromatic rings. The molecule has 0 spiro atoms. The fourth-order valence-corrected chi connectivity index (χ4v) is 1.73. The predicted molar refractivity (Wildman–Crippen MR) is 87.4 cm³/mol. The lowest BCUT2D eigenvalue weighted by molar-refractivity contribution is 0.163. The summed E-state index contributed by atoms with van der Waals surface area (Å²) < 4.78 is 5.07. The number of aliphatic imine (C=N–C) groups is 1. The van der Waals surface area contributed by atoms with E-state index in [-0.39, 0.29) is 0 Å². The van der Waals surface area contributed by atoms with E-state index in [0.29, 0.717) is 0 Å². The van der Waals surface area contributed by atoms with Crippen LogP contribution in [-0.4, -0.2) is 76.3 Å². The van der Waals surface area contributed by atoms with Crippen LogP contribution in [0.5, 0.6) is 0 Å². The van der Waals surface area contributed by atoms with Gasteiger partial charge in [-0.1, -0.05) is 6.08 Å². The summed E-state index contributed by atoms with van der Waals surface area (Å²) in [5.74, 6) is 0.983. The molecule has 0 amide bonds. The lowest BCUT2D eigenvalue weighted by atomic mass is 10.3. The molecule has 5 heteroatoms. The Kier molecular flexibility index (Phi) is 12.2. The second-order valence-electron chi connectivity index (χ2n) is 4.88. The van der Waals surface area contributed by atoms with Crippen LogP contribution in [0.3, 0.4) is 0 Å². The smallest absolute Gasteiger partial charge is 0.193 e. The van der Waals surface area contributed by atoms with Crippen LogP contribution < -0.4 is 5.32 Å². The average molecular weight is 284 g/mol. The Morgan fingerprint density at radius 1 is 1.30 bits per heavy atom. The van der Waals surface area contributed by atoms with Crippen molar-refractivity contribution < 1.29 is 4.74 Å². The number of allylic oxidation sites excluding steroid dienone is 1. The van der Waals surface area contributed by atoms with Crippen molar-refractivity contribution >= 4 is 5.96 Å². The van der Waals surface area contributed by atoms with E-state index < -0.39 is 0 Å². The molecule has 118 valence electrons. The molecule has 0 atom stereocenters. The van der Waals surface area contributed by atoms with Gasteiger partial charge in [0, 0.05) is 40.3 Å². The molecular formula is C15H32N4O. The highest BCUT2D eigenvalue weighted by atomic mass is 16.5. The minimum Gasteiger partial charge on any atom is -0.383 e. The highest BCUT2D eigenvalue weighted by molar-refractivity contribution is 5.79. The summed E-state index contributed by atoms with van der Waals surface area (Å²) in [6, 6.07) is 0. The van der Waals surface area contributed by atoms with E-state index >= 15 is 0 Å². The molecule has 0 unspecified atom stereocenters. The average Bonchev–Trinajstić information content (AvgIpc) is 2.44. The summed E-state index contributed by atoms with van der Waals surface area (Å²) in [5, 5.41) is 3.33.